The molecular formula is C19H35Cl2O2-. The Hall–Kier alpha value is 0.0500. The molecule has 138 valence electrons. The van der Waals surface area contributed by atoms with E-state index in [9.17, 15) is 9.90 Å². The molecule has 0 N–H and O–H groups in total. The molecule has 0 aromatic heterocycles. The number of halogens is 2. The molecule has 0 saturated carbocycles. The van der Waals surface area contributed by atoms with Crippen molar-refractivity contribution < 1.29 is 9.90 Å². The van der Waals surface area contributed by atoms with E-state index in [1.165, 1.54) is 77.0 Å². The molecule has 0 aromatic rings. The fraction of sp³-hybridized carbons (Fsp3) is 0.947. The average molecular weight is 366 g/mol. The third-order valence-electron chi connectivity index (χ3n) is 4.48. The van der Waals surface area contributed by atoms with E-state index in [-0.39, 0.29) is 0 Å². The summed E-state index contributed by atoms with van der Waals surface area (Å²) in [5.41, 5.74) is 0. The highest BCUT2D eigenvalue weighted by atomic mass is 35.5. The monoisotopic (exact) mass is 365 g/mol. The van der Waals surface area contributed by atoms with Crippen molar-refractivity contribution in [1.82, 2.24) is 0 Å². The van der Waals surface area contributed by atoms with E-state index in [2.05, 4.69) is 6.92 Å². The van der Waals surface area contributed by atoms with Gasteiger partial charge in [0.15, 0.2) is 0 Å². The van der Waals surface area contributed by atoms with Crippen LogP contribution in [0.25, 0.3) is 0 Å². The van der Waals surface area contributed by atoms with Gasteiger partial charge in [-0.2, -0.15) is 0 Å². The number of aliphatic carboxylic acids is 1. The molecule has 0 bridgehead atoms. The van der Waals surface area contributed by atoms with Crippen molar-refractivity contribution in [1.29, 1.82) is 0 Å². The van der Waals surface area contributed by atoms with Crippen molar-refractivity contribution in [2.45, 2.75) is 108 Å². The van der Waals surface area contributed by atoms with Crippen LogP contribution in [-0.4, -0.2) is 10.8 Å². The summed E-state index contributed by atoms with van der Waals surface area (Å²) in [6.45, 7) is 2.26. The molecule has 0 aliphatic heterocycles. The standard InChI is InChI=1S/C19H36Cl2O2/c1-2-3-4-5-6-7-8-9-10-11-12-13-14-15-16-17(18(20)21)19(22)23/h17-18H,2-16H2,1H3,(H,22,23)/p-1. The maximum atomic E-state index is 10.8. The minimum atomic E-state index is -1.13. The number of carboxylic acids is 1. The molecular weight excluding hydrogens is 331 g/mol. The molecule has 2 nitrogen and oxygen atoms in total. The third kappa shape index (κ3) is 15.3. The number of carbonyl (C=O) groups is 1. The Bertz CT molecular complexity index is 270. The van der Waals surface area contributed by atoms with Gasteiger partial charge in [0.05, 0.1) is 0 Å². The first kappa shape index (κ1) is 23.1. The molecule has 0 radical (unpaired) electrons. The Labute approximate surface area is 153 Å². The highest BCUT2D eigenvalue weighted by molar-refractivity contribution is 6.45. The molecule has 4 heteroatoms. The zero-order valence-electron chi connectivity index (χ0n) is 14.8. The van der Waals surface area contributed by atoms with Gasteiger partial charge in [0, 0.05) is 11.9 Å². The smallest absolute Gasteiger partial charge is 0.115 e. The van der Waals surface area contributed by atoms with Crippen LogP contribution in [0.3, 0.4) is 0 Å². The number of carbonyl (C=O) groups excluding carboxylic acids is 1. The topological polar surface area (TPSA) is 40.1 Å². The second-order valence-corrected chi connectivity index (χ2v) is 7.81. The van der Waals surface area contributed by atoms with Crippen LogP contribution in [0.5, 0.6) is 0 Å². The molecule has 1 unspecified atom stereocenters. The van der Waals surface area contributed by atoms with Crippen LogP contribution in [0.4, 0.5) is 0 Å². The fourth-order valence-electron chi connectivity index (χ4n) is 2.91. The minimum absolute atomic E-state index is 0.526. The summed E-state index contributed by atoms with van der Waals surface area (Å²) in [6, 6.07) is 0. The summed E-state index contributed by atoms with van der Waals surface area (Å²) < 4.78 is 0. The van der Waals surface area contributed by atoms with Crippen molar-refractivity contribution in [2.75, 3.05) is 0 Å². The second-order valence-electron chi connectivity index (χ2n) is 6.64. The normalized spacial score (nSPS) is 12.7. The maximum absolute atomic E-state index is 10.8. The molecule has 0 spiro atoms. The largest absolute Gasteiger partial charge is 0.550 e. The number of hydrogen-bond donors (Lipinski definition) is 0. The molecule has 23 heavy (non-hydrogen) atoms. The minimum Gasteiger partial charge on any atom is -0.550 e. The van der Waals surface area contributed by atoms with E-state index < -0.39 is 16.7 Å². The maximum Gasteiger partial charge on any atom is 0.115 e. The predicted octanol–water partition coefficient (Wildman–Crippen LogP) is 6.03. The SMILES string of the molecule is CCCCCCCCCCCCCCCCC(C(=O)[O-])C(Cl)Cl. The first-order chi connectivity index (χ1) is 11.1. The summed E-state index contributed by atoms with van der Waals surface area (Å²) in [6.07, 6.45) is 18.6. The van der Waals surface area contributed by atoms with Crippen molar-refractivity contribution in [3.63, 3.8) is 0 Å². The number of hydrogen-bond acceptors (Lipinski definition) is 2. The van der Waals surface area contributed by atoms with Crippen LogP contribution in [0, 0.1) is 5.92 Å². The Morgan fingerprint density at radius 2 is 1.09 bits per heavy atom. The lowest BCUT2D eigenvalue weighted by atomic mass is 10.0. The summed E-state index contributed by atoms with van der Waals surface area (Å²) in [7, 11) is 0. The number of unbranched alkanes of at least 4 members (excludes halogenated alkanes) is 13. The van der Waals surface area contributed by atoms with Crippen molar-refractivity contribution in [2.24, 2.45) is 5.92 Å². The second kappa shape index (κ2) is 16.9. The molecule has 0 heterocycles. The molecule has 0 rings (SSSR count). The van der Waals surface area contributed by atoms with Crippen LogP contribution in [-0.2, 0) is 4.79 Å². The van der Waals surface area contributed by atoms with Gasteiger partial charge in [-0.25, -0.2) is 0 Å². The Kier molecular flexibility index (Phi) is 16.9. The van der Waals surface area contributed by atoms with Crippen LogP contribution in [0.15, 0.2) is 0 Å². The zero-order valence-corrected chi connectivity index (χ0v) is 16.3. The van der Waals surface area contributed by atoms with Gasteiger partial charge in [-0.15, -0.1) is 23.2 Å². The van der Waals surface area contributed by atoms with Gasteiger partial charge in [0.2, 0.25) is 0 Å². The lowest BCUT2D eigenvalue weighted by molar-refractivity contribution is -0.311. The quantitative estimate of drug-likeness (QED) is 0.233. The predicted molar refractivity (Wildman–Crippen MR) is 98.9 cm³/mol. The highest BCUT2D eigenvalue weighted by Crippen LogP contribution is 2.21. The van der Waals surface area contributed by atoms with E-state index in [1.807, 2.05) is 0 Å². The van der Waals surface area contributed by atoms with Crippen molar-refractivity contribution >= 4 is 29.2 Å². The number of rotatable bonds is 17. The van der Waals surface area contributed by atoms with E-state index in [0.29, 0.717) is 6.42 Å². The van der Waals surface area contributed by atoms with Gasteiger partial charge in [0.25, 0.3) is 0 Å². The molecule has 0 saturated heterocycles. The third-order valence-corrected chi connectivity index (χ3v) is 5.08. The first-order valence-electron chi connectivity index (χ1n) is 9.58. The van der Waals surface area contributed by atoms with Crippen molar-refractivity contribution in [3.8, 4) is 0 Å². The molecule has 0 aliphatic rings. The van der Waals surface area contributed by atoms with E-state index in [4.69, 9.17) is 23.2 Å². The van der Waals surface area contributed by atoms with E-state index in [1.54, 1.807) is 0 Å². The molecule has 0 aliphatic carbocycles. The Morgan fingerprint density at radius 3 is 1.39 bits per heavy atom. The average Bonchev–Trinajstić information content (AvgIpc) is 2.50. The van der Waals surface area contributed by atoms with E-state index in [0.717, 1.165) is 12.8 Å². The van der Waals surface area contributed by atoms with Gasteiger partial charge in [-0.1, -0.05) is 96.8 Å². The lowest BCUT2D eigenvalue weighted by Crippen LogP contribution is -2.34. The summed E-state index contributed by atoms with van der Waals surface area (Å²) >= 11 is 11.3. The van der Waals surface area contributed by atoms with Crippen LogP contribution in [0.1, 0.15) is 103 Å². The van der Waals surface area contributed by atoms with Crippen molar-refractivity contribution in [3.05, 3.63) is 0 Å². The zero-order chi connectivity index (χ0) is 17.3. The summed E-state index contributed by atoms with van der Waals surface area (Å²) in [5.74, 6) is -1.86. The van der Waals surface area contributed by atoms with Crippen LogP contribution < -0.4 is 5.11 Å². The van der Waals surface area contributed by atoms with Crippen LogP contribution >= 0.6 is 23.2 Å². The first-order valence-corrected chi connectivity index (χ1v) is 10.5. The molecule has 1 atom stereocenters. The van der Waals surface area contributed by atoms with Gasteiger partial charge < -0.3 is 9.90 Å². The highest BCUT2D eigenvalue weighted by Gasteiger charge is 2.17. The molecule has 0 amide bonds. The van der Waals surface area contributed by atoms with Gasteiger partial charge in [0.1, 0.15) is 4.84 Å². The van der Waals surface area contributed by atoms with Gasteiger partial charge in [-0.05, 0) is 6.42 Å². The lowest BCUT2D eigenvalue weighted by Gasteiger charge is -2.18. The molecule has 0 aromatic carbocycles. The number of carboxylic acid groups (broad SMARTS) is 1. The Morgan fingerprint density at radius 1 is 0.739 bits per heavy atom. The van der Waals surface area contributed by atoms with Gasteiger partial charge >= 0.3 is 0 Å². The Balaban J connectivity index is 3.23. The summed E-state index contributed by atoms with van der Waals surface area (Å²) in [4.78, 5) is 9.97. The van der Waals surface area contributed by atoms with Gasteiger partial charge in [-0.3, -0.25) is 0 Å². The fourth-order valence-corrected chi connectivity index (χ4v) is 3.36. The number of alkyl halides is 2. The van der Waals surface area contributed by atoms with Crippen LogP contribution in [0.2, 0.25) is 0 Å². The van der Waals surface area contributed by atoms with E-state index >= 15 is 0 Å². The molecule has 0 fully saturated rings. The summed E-state index contributed by atoms with van der Waals surface area (Å²) in [5, 5.41) is 10.8.